The van der Waals surface area contributed by atoms with E-state index in [1.54, 1.807) is 0 Å². The van der Waals surface area contributed by atoms with Crippen molar-refractivity contribution in [1.82, 2.24) is 4.90 Å². The Morgan fingerprint density at radius 3 is 1.62 bits per heavy atom. The van der Waals surface area contributed by atoms with Gasteiger partial charge in [0.05, 0.1) is 0 Å². The van der Waals surface area contributed by atoms with Crippen molar-refractivity contribution in [3.63, 3.8) is 0 Å². The molecule has 0 rings (SSSR count). The van der Waals surface area contributed by atoms with Crippen LogP contribution in [0.4, 0.5) is 0 Å². The second-order valence-corrected chi connectivity index (χ2v) is 6.46. The SMILES string of the molecule is CCCCC([SiH3])(CCCC)N(C)C. The first kappa shape index (κ1) is 13.2. The van der Waals surface area contributed by atoms with Crippen molar-refractivity contribution in [3.8, 4) is 0 Å². The highest BCUT2D eigenvalue weighted by atomic mass is 28.1. The van der Waals surface area contributed by atoms with Crippen LogP contribution in [0.2, 0.25) is 0 Å². The highest BCUT2D eigenvalue weighted by molar-refractivity contribution is 6.15. The average Bonchev–Trinajstić information content (AvgIpc) is 2.11. The van der Waals surface area contributed by atoms with Gasteiger partial charge in [-0.3, -0.25) is 0 Å². The van der Waals surface area contributed by atoms with Crippen LogP contribution in [0, 0.1) is 0 Å². The molecule has 13 heavy (non-hydrogen) atoms. The third-order valence-electron chi connectivity index (χ3n) is 3.22. The minimum absolute atomic E-state index is 0.575. The van der Waals surface area contributed by atoms with Gasteiger partial charge in [-0.1, -0.05) is 39.5 Å². The lowest BCUT2D eigenvalue weighted by atomic mass is 10.0. The summed E-state index contributed by atoms with van der Waals surface area (Å²) in [7, 11) is 5.80. The van der Waals surface area contributed by atoms with Gasteiger partial charge in [-0.05, 0) is 26.9 Å². The van der Waals surface area contributed by atoms with Crippen LogP contribution in [-0.2, 0) is 0 Å². The maximum absolute atomic E-state index is 2.46. The fraction of sp³-hybridized carbons (Fsp3) is 1.00. The van der Waals surface area contributed by atoms with Gasteiger partial charge in [-0.2, -0.15) is 0 Å². The quantitative estimate of drug-likeness (QED) is 0.570. The van der Waals surface area contributed by atoms with Gasteiger partial charge in [-0.25, -0.2) is 0 Å². The monoisotopic (exact) mass is 201 g/mol. The smallest absolute Gasteiger partial charge is 0.0283 e. The molecular weight excluding hydrogens is 174 g/mol. The molecule has 0 spiro atoms. The van der Waals surface area contributed by atoms with Crippen molar-refractivity contribution < 1.29 is 0 Å². The molecule has 0 radical (unpaired) electrons. The normalized spacial score (nSPS) is 12.7. The molecule has 0 saturated heterocycles. The first-order valence-corrected chi connectivity index (χ1v) is 6.74. The second-order valence-electron chi connectivity index (χ2n) is 4.60. The first-order valence-electron chi connectivity index (χ1n) is 5.74. The predicted octanol–water partition coefficient (Wildman–Crippen LogP) is 1.99. The molecule has 0 amide bonds. The number of nitrogens with zero attached hydrogens (tertiary/aromatic N) is 1. The Hall–Kier alpha value is 0.177. The van der Waals surface area contributed by atoms with Crippen LogP contribution < -0.4 is 0 Å². The molecule has 0 aromatic heterocycles. The van der Waals surface area contributed by atoms with Crippen LogP contribution >= 0.6 is 0 Å². The van der Waals surface area contributed by atoms with E-state index < -0.39 is 0 Å². The maximum Gasteiger partial charge on any atom is 0.0283 e. The third-order valence-corrected chi connectivity index (χ3v) is 5.11. The molecule has 0 aliphatic heterocycles. The molecule has 1 nitrogen and oxygen atoms in total. The lowest BCUT2D eigenvalue weighted by molar-refractivity contribution is 0.209. The van der Waals surface area contributed by atoms with E-state index in [1.165, 1.54) is 48.8 Å². The highest BCUT2D eigenvalue weighted by Crippen LogP contribution is 2.22. The molecule has 0 aromatic carbocycles. The summed E-state index contributed by atoms with van der Waals surface area (Å²) in [6, 6.07) is 0. The molecule has 0 bridgehead atoms. The fourth-order valence-corrected chi connectivity index (χ4v) is 2.39. The average molecular weight is 201 g/mol. The Bertz CT molecular complexity index is 115. The summed E-state index contributed by atoms with van der Waals surface area (Å²) in [6.45, 7) is 4.58. The van der Waals surface area contributed by atoms with E-state index >= 15 is 0 Å². The Morgan fingerprint density at radius 2 is 1.38 bits per heavy atom. The van der Waals surface area contributed by atoms with E-state index in [1.807, 2.05) is 0 Å². The van der Waals surface area contributed by atoms with Crippen LogP contribution in [0.5, 0.6) is 0 Å². The van der Waals surface area contributed by atoms with Crippen LogP contribution in [0.15, 0.2) is 0 Å². The summed E-state index contributed by atoms with van der Waals surface area (Å²) in [6.07, 6.45) is 8.27. The molecular formula is C11H27NSi. The summed E-state index contributed by atoms with van der Waals surface area (Å²) in [5.74, 6) is 0. The zero-order chi connectivity index (χ0) is 10.3. The largest absolute Gasteiger partial charge is 0.307 e. The van der Waals surface area contributed by atoms with Crippen molar-refractivity contribution in [3.05, 3.63) is 0 Å². The summed E-state index contributed by atoms with van der Waals surface area (Å²) < 4.78 is 0. The van der Waals surface area contributed by atoms with Crippen molar-refractivity contribution in [2.24, 2.45) is 0 Å². The fourth-order valence-electron chi connectivity index (χ4n) is 1.69. The lowest BCUT2D eigenvalue weighted by Crippen LogP contribution is -2.44. The Balaban J connectivity index is 4.00. The van der Waals surface area contributed by atoms with Crippen LogP contribution in [0.25, 0.3) is 0 Å². The molecule has 0 fully saturated rings. The van der Waals surface area contributed by atoms with Gasteiger partial charge in [-0.15, -0.1) is 0 Å². The second kappa shape index (κ2) is 6.60. The van der Waals surface area contributed by atoms with Gasteiger partial charge >= 0.3 is 0 Å². The lowest BCUT2D eigenvalue weighted by Gasteiger charge is -2.37. The molecule has 0 N–H and O–H groups in total. The Morgan fingerprint density at radius 1 is 1.00 bits per heavy atom. The van der Waals surface area contributed by atoms with E-state index in [4.69, 9.17) is 0 Å². The van der Waals surface area contributed by atoms with E-state index in [0.29, 0.717) is 5.16 Å². The van der Waals surface area contributed by atoms with Crippen LogP contribution in [0.3, 0.4) is 0 Å². The van der Waals surface area contributed by atoms with Gasteiger partial charge in [0.15, 0.2) is 0 Å². The minimum atomic E-state index is 0.575. The van der Waals surface area contributed by atoms with Crippen LogP contribution in [0.1, 0.15) is 52.4 Å². The Labute approximate surface area is 87.3 Å². The summed E-state index contributed by atoms with van der Waals surface area (Å²) in [4.78, 5) is 2.46. The van der Waals surface area contributed by atoms with E-state index in [-0.39, 0.29) is 0 Å². The maximum atomic E-state index is 2.46. The predicted molar refractivity (Wildman–Crippen MR) is 65.4 cm³/mol. The molecule has 80 valence electrons. The van der Waals surface area contributed by atoms with Crippen molar-refractivity contribution in [2.75, 3.05) is 14.1 Å². The Kier molecular flexibility index (Phi) is 6.69. The molecule has 0 aromatic rings. The molecule has 0 aliphatic rings. The number of hydrogen-bond donors (Lipinski definition) is 0. The number of hydrogen-bond acceptors (Lipinski definition) is 1. The number of rotatable bonds is 7. The zero-order valence-corrected chi connectivity index (χ0v) is 12.2. The topological polar surface area (TPSA) is 3.24 Å². The third kappa shape index (κ3) is 4.82. The van der Waals surface area contributed by atoms with Crippen molar-refractivity contribution in [1.29, 1.82) is 0 Å². The van der Waals surface area contributed by atoms with Crippen molar-refractivity contribution >= 4 is 10.2 Å². The summed E-state index contributed by atoms with van der Waals surface area (Å²) >= 11 is 0. The van der Waals surface area contributed by atoms with Crippen molar-refractivity contribution in [2.45, 2.75) is 57.5 Å². The molecule has 2 heteroatoms. The van der Waals surface area contributed by atoms with E-state index in [2.05, 4.69) is 32.8 Å². The molecule has 0 saturated carbocycles. The van der Waals surface area contributed by atoms with Gasteiger partial charge < -0.3 is 4.90 Å². The first-order chi connectivity index (χ1) is 6.06. The highest BCUT2D eigenvalue weighted by Gasteiger charge is 2.24. The molecule has 0 atom stereocenters. The minimum Gasteiger partial charge on any atom is -0.307 e. The van der Waals surface area contributed by atoms with E-state index in [0.717, 1.165) is 0 Å². The van der Waals surface area contributed by atoms with E-state index in [9.17, 15) is 0 Å². The van der Waals surface area contributed by atoms with Crippen LogP contribution in [-0.4, -0.2) is 34.4 Å². The van der Waals surface area contributed by atoms with Gasteiger partial charge in [0.25, 0.3) is 0 Å². The molecule has 0 heterocycles. The summed E-state index contributed by atoms with van der Waals surface area (Å²) in [5, 5.41) is 0.575. The molecule has 0 unspecified atom stereocenters. The van der Waals surface area contributed by atoms with Gasteiger partial charge in [0, 0.05) is 15.4 Å². The number of unbranched alkanes of at least 4 members (excludes halogenated alkanes) is 2. The van der Waals surface area contributed by atoms with Gasteiger partial charge in [0.1, 0.15) is 0 Å². The standard InChI is InChI=1S/C11H27NSi/c1-5-7-9-11(13,12(3)4)10-8-6-2/h5-10H2,1-4,13H3. The summed E-state index contributed by atoms with van der Waals surface area (Å²) in [5.41, 5.74) is 0. The van der Waals surface area contributed by atoms with Gasteiger partial charge in [0.2, 0.25) is 0 Å². The zero-order valence-electron chi connectivity index (χ0n) is 10.2. The molecule has 0 aliphatic carbocycles.